The Bertz CT molecular complexity index is 588. The number of hydrogen-bond donors (Lipinski definition) is 2. The van der Waals surface area contributed by atoms with Crippen LogP contribution in [-0.2, 0) is 11.2 Å². The van der Waals surface area contributed by atoms with Crippen molar-refractivity contribution in [3.63, 3.8) is 0 Å². The van der Waals surface area contributed by atoms with E-state index in [1.165, 1.54) is 5.56 Å². The monoisotopic (exact) mass is 352 g/mol. The fourth-order valence-corrected chi connectivity index (χ4v) is 2.39. The van der Waals surface area contributed by atoms with Gasteiger partial charge in [-0.3, -0.25) is 4.79 Å². The number of carbonyl (C=O) groups excluding carboxylic acids is 1. The molecule has 0 bridgehead atoms. The van der Waals surface area contributed by atoms with Crippen molar-refractivity contribution in [2.24, 2.45) is 5.73 Å². The molecular formula is C18H22Cl2N2O. The average molecular weight is 353 g/mol. The van der Waals surface area contributed by atoms with Crippen LogP contribution in [0.25, 0.3) is 0 Å². The first-order valence-corrected chi connectivity index (χ1v) is 7.84. The van der Waals surface area contributed by atoms with Crippen LogP contribution in [0.4, 0.5) is 0 Å². The van der Waals surface area contributed by atoms with E-state index in [0.29, 0.717) is 13.0 Å². The molecule has 1 amide bonds. The number of carbonyl (C=O) groups is 1. The second-order valence-electron chi connectivity index (χ2n) is 5.30. The summed E-state index contributed by atoms with van der Waals surface area (Å²) in [5.74, 6) is -0.00698. The van der Waals surface area contributed by atoms with Crippen molar-refractivity contribution in [1.29, 1.82) is 0 Å². The Morgan fingerprint density at radius 3 is 2.39 bits per heavy atom. The minimum atomic E-state index is -0.252. The molecule has 0 aromatic heterocycles. The molecule has 124 valence electrons. The Morgan fingerprint density at radius 2 is 1.74 bits per heavy atom. The van der Waals surface area contributed by atoms with E-state index in [1.807, 2.05) is 54.6 Å². The molecule has 2 aromatic carbocycles. The van der Waals surface area contributed by atoms with Gasteiger partial charge in [0.15, 0.2) is 0 Å². The van der Waals surface area contributed by atoms with Crippen LogP contribution in [0.5, 0.6) is 0 Å². The summed E-state index contributed by atoms with van der Waals surface area (Å²) in [5, 5.41) is 3.66. The van der Waals surface area contributed by atoms with Gasteiger partial charge in [0, 0.05) is 24.0 Å². The molecule has 0 fully saturated rings. The van der Waals surface area contributed by atoms with Crippen molar-refractivity contribution in [3.05, 3.63) is 70.7 Å². The third kappa shape index (κ3) is 7.04. The molecule has 0 aliphatic carbocycles. The van der Waals surface area contributed by atoms with Gasteiger partial charge in [-0.1, -0.05) is 54.1 Å². The SMILES string of the molecule is Cl.NC(CC(=O)NCCCc1ccc(Cl)cc1)c1ccccc1. The van der Waals surface area contributed by atoms with Crippen molar-refractivity contribution in [2.75, 3.05) is 6.54 Å². The average Bonchev–Trinajstić information content (AvgIpc) is 2.54. The minimum absolute atomic E-state index is 0. The van der Waals surface area contributed by atoms with Crippen molar-refractivity contribution in [1.82, 2.24) is 5.32 Å². The lowest BCUT2D eigenvalue weighted by molar-refractivity contribution is -0.121. The molecule has 0 spiro atoms. The maximum Gasteiger partial charge on any atom is 0.221 e. The van der Waals surface area contributed by atoms with Crippen LogP contribution >= 0.6 is 24.0 Å². The maximum atomic E-state index is 11.9. The van der Waals surface area contributed by atoms with E-state index in [9.17, 15) is 4.79 Å². The van der Waals surface area contributed by atoms with Crippen molar-refractivity contribution >= 4 is 29.9 Å². The highest BCUT2D eigenvalue weighted by Gasteiger charge is 2.10. The molecule has 1 unspecified atom stereocenters. The number of nitrogens with two attached hydrogens (primary N) is 1. The van der Waals surface area contributed by atoms with Crippen LogP contribution in [0.2, 0.25) is 5.02 Å². The van der Waals surface area contributed by atoms with Gasteiger partial charge in [-0.2, -0.15) is 0 Å². The second-order valence-corrected chi connectivity index (χ2v) is 5.74. The van der Waals surface area contributed by atoms with Gasteiger partial charge in [0.2, 0.25) is 5.91 Å². The van der Waals surface area contributed by atoms with Crippen LogP contribution in [0.15, 0.2) is 54.6 Å². The Hall–Kier alpha value is -1.55. The highest BCUT2D eigenvalue weighted by Crippen LogP contribution is 2.13. The van der Waals surface area contributed by atoms with Crippen molar-refractivity contribution in [2.45, 2.75) is 25.3 Å². The van der Waals surface area contributed by atoms with Crippen LogP contribution in [0.1, 0.15) is 30.0 Å². The zero-order valence-electron chi connectivity index (χ0n) is 12.9. The third-order valence-electron chi connectivity index (χ3n) is 3.51. The highest BCUT2D eigenvalue weighted by atomic mass is 35.5. The Balaban J connectivity index is 0.00000264. The first-order valence-electron chi connectivity index (χ1n) is 7.47. The number of halogens is 2. The third-order valence-corrected chi connectivity index (χ3v) is 3.76. The van der Waals surface area contributed by atoms with Crippen molar-refractivity contribution < 1.29 is 4.79 Å². The van der Waals surface area contributed by atoms with E-state index in [4.69, 9.17) is 17.3 Å². The number of rotatable bonds is 7. The van der Waals surface area contributed by atoms with Gasteiger partial charge in [-0.15, -0.1) is 12.4 Å². The lowest BCUT2D eigenvalue weighted by Crippen LogP contribution is -2.28. The number of aryl methyl sites for hydroxylation is 1. The van der Waals surface area contributed by atoms with E-state index in [-0.39, 0.29) is 24.4 Å². The summed E-state index contributed by atoms with van der Waals surface area (Å²) in [6.45, 7) is 0.656. The number of benzene rings is 2. The van der Waals surface area contributed by atoms with Gasteiger partial charge in [0.05, 0.1) is 0 Å². The van der Waals surface area contributed by atoms with Crippen LogP contribution in [0, 0.1) is 0 Å². The van der Waals surface area contributed by atoms with Gasteiger partial charge in [0.25, 0.3) is 0 Å². The fraction of sp³-hybridized carbons (Fsp3) is 0.278. The topological polar surface area (TPSA) is 55.1 Å². The zero-order valence-corrected chi connectivity index (χ0v) is 14.4. The molecule has 2 rings (SSSR count). The molecule has 23 heavy (non-hydrogen) atoms. The van der Waals surface area contributed by atoms with Crippen LogP contribution in [-0.4, -0.2) is 12.5 Å². The van der Waals surface area contributed by atoms with Crippen LogP contribution < -0.4 is 11.1 Å². The normalized spacial score (nSPS) is 11.4. The molecule has 0 saturated heterocycles. The van der Waals surface area contributed by atoms with E-state index < -0.39 is 0 Å². The summed E-state index contributed by atoms with van der Waals surface area (Å²) in [4.78, 5) is 11.9. The minimum Gasteiger partial charge on any atom is -0.356 e. The Labute approximate surface area is 148 Å². The van der Waals surface area contributed by atoms with Gasteiger partial charge in [-0.25, -0.2) is 0 Å². The predicted molar refractivity (Wildman–Crippen MR) is 98.0 cm³/mol. The standard InChI is InChI=1S/C18H21ClN2O.ClH/c19-16-10-8-14(9-11-16)5-4-12-21-18(22)13-17(20)15-6-2-1-3-7-15;/h1-3,6-11,17H,4-5,12-13,20H2,(H,21,22);1H. The lowest BCUT2D eigenvalue weighted by atomic mass is 10.0. The summed E-state index contributed by atoms with van der Waals surface area (Å²) in [5.41, 5.74) is 8.24. The molecule has 3 nitrogen and oxygen atoms in total. The maximum absolute atomic E-state index is 11.9. The van der Waals surface area contributed by atoms with Gasteiger partial charge in [-0.05, 0) is 36.1 Å². The number of hydrogen-bond acceptors (Lipinski definition) is 2. The molecule has 5 heteroatoms. The first-order chi connectivity index (χ1) is 10.6. The fourth-order valence-electron chi connectivity index (χ4n) is 2.26. The molecule has 0 radical (unpaired) electrons. The molecule has 0 aliphatic rings. The summed E-state index contributed by atoms with van der Waals surface area (Å²) in [6.07, 6.45) is 2.13. The van der Waals surface area contributed by atoms with E-state index in [0.717, 1.165) is 23.4 Å². The largest absolute Gasteiger partial charge is 0.356 e. The van der Waals surface area contributed by atoms with Crippen molar-refractivity contribution in [3.8, 4) is 0 Å². The molecular weight excluding hydrogens is 331 g/mol. The summed E-state index contributed by atoms with van der Waals surface area (Å²) in [6, 6.07) is 17.2. The quantitative estimate of drug-likeness (QED) is 0.742. The Morgan fingerprint density at radius 1 is 1.09 bits per heavy atom. The Kier molecular flexibility index (Phi) is 8.70. The summed E-state index contributed by atoms with van der Waals surface area (Å²) in [7, 11) is 0. The van der Waals surface area contributed by atoms with E-state index >= 15 is 0 Å². The molecule has 0 heterocycles. The number of nitrogens with one attached hydrogen (secondary N) is 1. The van der Waals surface area contributed by atoms with Crippen LogP contribution in [0.3, 0.4) is 0 Å². The summed E-state index contributed by atoms with van der Waals surface area (Å²) >= 11 is 5.84. The predicted octanol–water partition coefficient (Wildman–Crippen LogP) is 3.90. The van der Waals surface area contributed by atoms with Gasteiger partial charge < -0.3 is 11.1 Å². The molecule has 2 aromatic rings. The summed E-state index contributed by atoms with van der Waals surface area (Å²) < 4.78 is 0. The van der Waals surface area contributed by atoms with E-state index in [1.54, 1.807) is 0 Å². The molecule has 1 atom stereocenters. The van der Waals surface area contributed by atoms with Gasteiger partial charge in [0.1, 0.15) is 0 Å². The van der Waals surface area contributed by atoms with Gasteiger partial charge >= 0.3 is 0 Å². The second kappa shape index (κ2) is 10.3. The van der Waals surface area contributed by atoms with E-state index in [2.05, 4.69) is 5.32 Å². The molecule has 0 saturated carbocycles. The highest BCUT2D eigenvalue weighted by molar-refractivity contribution is 6.30. The number of amides is 1. The first kappa shape index (κ1) is 19.5. The smallest absolute Gasteiger partial charge is 0.221 e. The molecule has 3 N–H and O–H groups in total. The zero-order chi connectivity index (χ0) is 15.8. The lowest BCUT2D eigenvalue weighted by Gasteiger charge is -2.12. The molecule has 0 aliphatic heterocycles.